The number of guanidine groups is 1. The fraction of sp³-hybridized carbons (Fsp3) is 0.714. The van der Waals surface area contributed by atoms with Gasteiger partial charge >= 0.3 is 0 Å². The summed E-state index contributed by atoms with van der Waals surface area (Å²) in [4.78, 5) is 13.3. The average molecular weight is 279 g/mol. The lowest BCUT2D eigenvalue weighted by atomic mass is 10.7. The van der Waals surface area contributed by atoms with Gasteiger partial charge in [0.1, 0.15) is 0 Å². The van der Waals surface area contributed by atoms with E-state index in [1.807, 2.05) is 21.1 Å². The number of alkyl halides is 3. The second-order valence-corrected chi connectivity index (χ2v) is 5.66. The van der Waals surface area contributed by atoms with Crippen LogP contribution < -0.4 is 10.8 Å². The van der Waals surface area contributed by atoms with Crippen LogP contribution in [-0.4, -0.2) is 48.4 Å². The minimum atomic E-state index is -2.28. The molecule has 2 N–H and O–H groups in total. The zero-order valence-electron chi connectivity index (χ0n) is 8.92. The molecular formula is C7H14Cl3N3O2. The summed E-state index contributed by atoms with van der Waals surface area (Å²) in [5.41, 5.74) is 5.47. The molecule has 0 radical (unpaired) electrons. The lowest BCUT2D eigenvalue weighted by Crippen LogP contribution is -2.46. The number of quaternary nitrogens is 1. The average Bonchev–Trinajstić information content (AvgIpc) is 2.00. The summed E-state index contributed by atoms with van der Waals surface area (Å²) in [5, 5.41) is 9.51. The third-order valence-electron chi connectivity index (χ3n) is 1.15. The molecular weight excluding hydrogens is 264 g/mol. The Balaban J connectivity index is 0. The van der Waals surface area contributed by atoms with Crippen LogP contribution in [0.3, 0.4) is 0 Å². The highest BCUT2D eigenvalue weighted by Gasteiger charge is 2.20. The molecule has 0 heterocycles. The van der Waals surface area contributed by atoms with Crippen LogP contribution in [-0.2, 0) is 4.79 Å². The number of rotatable bonds is 0. The van der Waals surface area contributed by atoms with Crippen LogP contribution in [0.25, 0.3) is 0 Å². The molecule has 0 saturated heterocycles. The molecule has 0 aliphatic rings. The van der Waals surface area contributed by atoms with E-state index < -0.39 is 9.76 Å². The fourth-order valence-electron chi connectivity index (χ4n) is 0.300. The van der Waals surface area contributed by atoms with E-state index in [-0.39, 0.29) is 0 Å². The molecule has 0 atom stereocenters. The summed E-state index contributed by atoms with van der Waals surface area (Å²) in [6.45, 7) is 0. The predicted molar refractivity (Wildman–Crippen MR) is 60.9 cm³/mol. The van der Waals surface area contributed by atoms with Gasteiger partial charge in [0.15, 0.2) is 0 Å². The van der Waals surface area contributed by atoms with Gasteiger partial charge in [0, 0.05) is 7.05 Å². The van der Waals surface area contributed by atoms with Crippen molar-refractivity contribution >= 4 is 46.7 Å². The third kappa shape index (κ3) is 10.1. The maximum absolute atomic E-state index is 9.51. The molecule has 0 saturated carbocycles. The number of nitrogens with two attached hydrogens (primary N) is 1. The molecule has 0 unspecified atom stereocenters. The van der Waals surface area contributed by atoms with Crippen molar-refractivity contribution in [1.82, 2.24) is 0 Å². The second-order valence-electron chi connectivity index (χ2n) is 3.38. The van der Waals surface area contributed by atoms with Crippen molar-refractivity contribution in [3.63, 3.8) is 0 Å². The van der Waals surface area contributed by atoms with Crippen molar-refractivity contribution in [1.29, 1.82) is 0 Å². The van der Waals surface area contributed by atoms with E-state index >= 15 is 0 Å². The Labute approximate surface area is 104 Å². The Kier molecular flexibility index (Phi) is 7.30. The zero-order valence-corrected chi connectivity index (χ0v) is 11.2. The van der Waals surface area contributed by atoms with Gasteiger partial charge in [-0.1, -0.05) is 34.8 Å². The number of aliphatic imine (C=N–C) groups is 1. The first-order valence-electron chi connectivity index (χ1n) is 3.75. The highest BCUT2D eigenvalue weighted by Crippen LogP contribution is 2.24. The Morgan fingerprint density at radius 1 is 1.33 bits per heavy atom. The third-order valence-corrected chi connectivity index (χ3v) is 1.61. The quantitative estimate of drug-likeness (QED) is 0.287. The highest BCUT2D eigenvalue weighted by atomic mass is 35.6. The number of hydrogen-bond acceptors (Lipinski definition) is 3. The van der Waals surface area contributed by atoms with Gasteiger partial charge in [0.2, 0.25) is 3.79 Å². The molecule has 0 rings (SSSR count). The van der Waals surface area contributed by atoms with Crippen molar-refractivity contribution in [2.45, 2.75) is 3.79 Å². The van der Waals surface area contributed by atoms with Crippen LogP contribution in [0.2, 0.25) is 0 Å². The zero-order chi connectivity index (χ0) is 12.9. The molecule has 5 nitrogen and oxygen atoms in total. The van der Waals surface area contributed by atoms with E-state index in [4.69, 9.17) is 40.5 Å². The highest BCUT2D eigenvalue weighted by molar-refractivity contribution is 6.75. The number of carbonyl (C=O) groups excluding carboxylic acids is 1. The van der Waals surface area contributed by atoms with Crippen molar-refractivity contribution in [3.8, 4) is 0 Å². The predicted octanol–water partition coefficient (Wildman–Crippen LogP) is -0.256. The summed E-state index contributed by atoms with van der Waals surface area (Å²) in [7, 11) is 7.62. The van der Waals surface area contributed by atoms with E-state index in [1.54, 1.807) is 7.05 Å². The van der Waals surface area contributed by atoms with Crippen LogP contribution in [0, 0.1) is 0 Å². The maximum Gasteiger partial charge on any atom is 0.294 e. The SMILES string of the molecule is C/N=C(\N)[N+](C)(C)C.O=C([O-])C(Cl)(Cl)Cl. The van der Waals surface area contributed by atoms with Crippen molar-refractivity contribution in [2.24, 2.45) is 10.7 Å². The molecule has 0 aliphatic carbocycles. The molecule has 0 fully saturated rings. The standard InChI is InChI=1S/C5H14N3.C2HCl3O2/c1-7-5(6)8(2,3)4;3-2(4,5)1(6)7/h1-4H3,(H2,6,7);(H,6,7)/q+1;/p-1. The van der Waals surface area contributed by atoms with E-state index in [9.17, 15) is 9.90 Å². The fourth-order valence-corrected chi connectivity index (χ4v) is 0.300. The van der Waals surface area contributed by atoms with Gasteiger partial charge in [-0.15, -0.1) is 0 Å². The molecule has 90 valence electrons. The Bertz CT molecular complexity index is 243. The summed E-state index contributed by atoms with van der Waals surface area (Å²) in [5.74, 6) is -1.07. The molecule has 0 aliphatic heterocycles. The molecule has 0 spiro atoms. The molecule has 0 aromatic heterocycles. The molecule has 0 aromatic carbocycles. The summed E-state index contributed by atoms with van der Waals surface area (Å²) >= 11 is 14.2. The minimum Gasteiger partial charge on any atom is -0.545 e. The van der Waals surface area contributed by atoms with Gasteiger partial charge in [0.05, 0.1) is 27.1 Å². The smallest absolute Gasteiger partial charge is 0.294 e. The minimum absolute atomic E-state index is 0.608. The monoisotopic (exact) mass is 277 g/mol. The number of aliphatic carboxylic acids is 1. The van der Waals surface area contributed by atoms with E-state index in [1.165, 1.54) is 0 Å². The normalized spacial score (nSPS) is 12.9. The van der Waals surface area contributed by atoms with Crippen molar-refractivity contribution in [2.75, 3.05) is 28.2 Å². The summed E-state index contributed by atoms with van der Waals surface area (Å²) in [6, 6.07) is 0. The molecule has 8 heteroatoms. The van der Waals surface area contributed by atoms with Gasteiger partial charge in [-0.05, 0) is 0 Å². The van der Waals surface area contributed by atoms with Gasteiger partial charge in [-0.25, -0.2) is 4.99 Å². The van der Waals surface area contributed by atoms with Gasteiger partial charge in [0.25, 0.3) is 5.96 Å². The van der Waals surface area contributed by atoms with Crippen LogP contribution in [0.4, 0.5) is 0 Å². The summed E-state index contributed by atoms with van der Waals surface area (Å²) in [6.07, 6.45) is 0. The largest absolute Gasteiger partial charge is 0.545 e. The molecule has 0 aromatic rings. The van der Waals surface area contributed by atoms with Gasteiger partial charge in [-0.3, -0.25) is 4.48 Å². The number of halogens is 3. The van der Waals surface area contributed by atoms with Gasteiger partial charge < -0.3 is 15.6 Å². The first-order valence-corrected chi connectivity index (χ1v) is 4.88. The first-order chi connectivity index (χ1) is 6.42. The topological polar surface area (TPSA) is 78.5 Å². The number of hydrogen-bond donors (Lipinski definition) is 1. The van der Waals surface area contributed by atoms with Crippen molar-refractivity contribution < 1.29 is 14.4 Å². The van der Waals surface area contributed by atoms with Crippen molar-refractivity contribution in [3.05, 3.63) is 0 Å². The number of nitrogens with zero attached hydrogens (tertiary/aromatic N) is 2. The van der Waals surface area contributed by atoms with Crippen LogP contribution >= 0.6 is 34.8 Å². The first kappa shape index (κ1) is 17.2. The van der Waals surface area contributed by atoms with Crippen LogP contribution in [0.5, 0.6) is 0 Å². The Hall–Kier alpha value is -0.230. The second kappa shape index (κ2) is 6.37. The van der Waals surface area contributed by atoms with Crippen LogP contribution in [0.1, 0.15) is 0 Å². The van der Waals surface area contributed by atoms with E-state index in [2.05, 4.69) is 4.99 Å². The molecule has 0 amide bonds. The summed E-state index contributed by atoms with van der Waals surface area (Å²) < 4.78 is -1.67. The Morgan fingerprint density at radius 2 is 1.60 bits per heavy atom. The molecule has 15 heavy (non-hydrogen) atoms. The van der Waals surface area contributed by atoms with Gasteiger partial charge in [-0.2, -0.15) is 0 Å². The lowest BCUT2D eigenvalue weighted by molar-refractivity contribution is -0.778. The molecule has 0 bridgehead atoms. The maximum atomic E-state index is 9.51. The van der Waals surface area contributed by atoms with E-state index in [0.717, 1.165) is 0 Å². The van der Waals surface area contributed by atoms with E-state index in [0.29, 0.717) is 10.4 Å². The number of carboxylic acid groups (broad SMARTS) is 1. The van der Waals surface area contributed by atoms with Crippen LogP contribution in [0.15, 0.2) is 4.99 Å². The Morgan fingerprint density at radius 3 is 1.60 bits per heavy atom. The number of carboxylic acids is 1. The number of carbonyl (C=O) groups is 1. The lowest BCUT2D eigenvalue weighted by Gasteiger charge is -2.20.